The van der Waals surface area contributed by atoms with Gasteiger partial charge in [-0.3, -0.25) is 0 Å². The molecule has 0 saturated carbocycles. The summed E-state index contributed by atoms with van der Waals surface area (Å²) in [5.41, 5.74) is 7.33. The molecular formula is C44H26O. The third kappa shape index (κ3) is 3.56. The zero-order valence-electron chi connectivity index (χ0n) is 24.4. The van der Waals surface area contributed by atoms with Crippen LogP contribution in [0.5, 0.6) is 11.5 Å². The minimum atomic E-state index is 0.915. The molecule has 1 nitrogen and oxygen atoms in total. The Balaban J connectivity index is 1.23. The van der Waals surface area contributed by atoms with E-state index in [0.29, 0.717) is 0 Å². The fourth-order valence-electron chi connectivity index (χ4n) is 7.56. The van der Waals surface area contributed by atoms with E-state index in [-0.39, 0.29) is 0 Å². The van der Waals surface area contributed by atoms with E-state index >= 15 is 0 Å². The van der Waals surface area contributed by atoms with Crippen molar-refractivity contribution in [1.29, 1.82) is 0 Å². The minimum absolute atomic E-state index is 0.915. The van der Waals surface area contributed by atoms with Gasteiger partial charge in [0.05, 0.1) is 0 Å². The van der Waals surface area contributed by atoms with E-state index in [4.69, 9.17) is 4.74 Å². The van der Waals surface area contributed by atoms with Gasteiger partial charge in [-0.25, -0.2) is 0 Å². The largest absolute Gasteiger partial charge is 0.455 e. The number of rotatable bonds is 2. The topological polar surface area (TPSA) is 9.23 Å². The molecular weight excluding hydrogens is 544 g/mol. The molecule has 1 heteroatoms. The van der Waals surface area contributed by atoms with Gasteiger partial charge in [0.25, 0.3) is 0 Å². The Kier molecular flexibility index (Phi) is 5.06. The van der Waals surface area contributed by atoms with E-state index in [1.165, 1.54) is 76.3 Å². The van der Waals surface area contributed by atoms with E-state index in [9.17, 15) is 0 Å². The van der Waals surface area contributed by atoms with Crippen molar-refractivity contribution in [3.05, 3.63) is 158 Å². The van der Waals surface area contributed by atoms with Crippen LogP contribution in [-0.4, -0.2) is 0 Å². The van der Waals surface area contributed by atoms with Crippen LogP contribution in [0.4, 0.5) is 0 Å². The summed E-state index contributed by atoms with van der Waals surface area (Å²) in [5.74, 6) is 1.86. The van der Waals surface area contributed by atoms with Crippen molar-refractivity contribution in [2.45, 2.75) is 0 Å². The third-order valence-corrected chi connectivity index (χ3v) is 9.62. The van der Waals surface area contributed by atoms with Gasteiger partial charge in [-0.1, -0.05) is 133 Å². The zero-order valence-corrected chi connectivity index (χ0v) is 24.4. The quantitative estimate of drug-likeness (QED) is 0.148. The van der Waals surface area contributed by atoms with Crippen molar-refractivity contribution < 1.29 is 4.74 Å². The summed E-state index contributed by atoms with van der Waals surface area (Å²) in [7, 11) is 0. The highest BCUT2D eigenvalue weighted by Gasteiger charge is 2.23. The van der Waals surface area contributed by atoms with Crippen molar-refractivity contribution in [2.24, 2.45) is 0 Å². The zero-order chi connectivity index (χ0) is 29.5. The summed E-state index contributed by atoms with van der Waals surface area (Å²) >= 11 is 0. The molecule has 1 aliphatic heterocycles. The predicted octanol–water partition coefficient (Wildman–Crippen LogP) is 12.6. The Hall–Kier alpha value is -5.92. The molecule has 45 heavy (non-hydrogen) atoms. The van der Waals surface area contributed by atoms with E-state index < -0.39 is 0 Å². The molecule has 0 radical (unpaired) electrons. The van der Waals surface area contributed by atoms with Crippen LogP contribution in [0.25, 0.3) is 87.2 Å². The molecule has 0 bridgehead atoms. The first-order valence-electron chi connectivity index (χ1n) is 15.5. The van der Waals surface area contributed by atoms with Gasteiger partial charge in [0.15, 0.2) is 0 Å². The van der Waals surface area contributed by atoms with Crippen molar-refractivity contribution in [3.8, 4) is 44.9 Å². The normalized spacial score (nSPS) is 12.2. The van der Waals surface area contributed by atoms with Crippen molar-refractivity contribution in [3.63, 3.8) is 0 Å². The van der Waals surface area contributed by atoms with Gasteiger partial charge in [-0.2, -0.15) is 0 Å². The average molecular weight is 571 g/mol. The second-order valence-electron chi connectivity index (χ2n) is 12.0. The molecule has 0 aromatic heterocycles. The highest BCUT2D eigenvalue weighted by atomic mass is 16.5. The fraction of sp³-hybridized carbons (Fsp3) is 0. The summed E-state index contributed by atoms with van der Waals surface area (Å²) < 4.78 is 6.68. The highest BCUT2D eigenvalue weighted by molar-refractivity contribution is 6.21. The van der Waals surface area contributed by atoms with Crippen LogP contribution in [-0.2, 0) is 0 Å². The molecule has 0 N–H and O–H groups in total. The molecule has 0 fully saturated rings. The maximum atomic E-state index is 6.68. The first-order valence-corrected chi connectivity index (χ1v) is 15.5. The number of hydrogen-bond donors (Lipinski definition) is 0. The summed E-state index contributed by atoms with van der Waals surface area (Å²) in [6, 6.07) is 57.3. The number of fused-ring (bicyclic) bond motifs is 8. The molecule has 0 aliphatic carbocycles. The Morgan fingerprint density at radius 3 is 1.96 bits per heavy atom. The van der Waals surface area contributed by atoms with Crippen LogP contribution >= 0.6 is 0 Å². The summed E-state index contributed by atoms with van der Waals surface area (Å²) in [4.78, 5) is 0. The standard InChI is InChI=1S/C44H26O/c1-2-10-29(11-3-1)42-33-13-6-5-12-30(33)26-40-37(42)21-19-28-17-18-31(25-39(28)40)32-23-24-41-43-35(32)15-8-16-36(43)38-22-20-27-9-4-7-14-34(27)44(38)45-41/h1-26H. The monoisotopic (exact) mass is 570 g/mol. The first-order chi connectivity index (χ1) is 22.3. The lowest BCUT2D eigenvalue weighted by Gasteiger charge is -2.24. The summed E-state index contributed by atoms with van der Waals surface area (Å²) in [6.07, 6.45) is 0. The molecule has 1 heterocycles. The molecule has 0 unspecified atom stereocenters. The molecule has 1 aliphatic rings. The van der Waals surface area contributed by atoms with E-state index in [1.54, 1.807) is 0 Å². The van der Waals surface area contributed by atoms with Gasteiger partial charge >= 0.3 is 0 Å². The summed E-state index contributed by atoms with van der Waals surface area (Å²) in [5, 5.41) is 12.3. The number of benzene rings is 9. The Bertz CT molecular complexity index is 2670. The Morgan fingerprint density at radius 1 is 0.333 bits per heavy atom. The van der Waals surface area contributed by atoms with E-state index in [0.717, 1.165) is 22.4 Å². The average Bonchev–Trinajstić information content (AvgIpc) is 3.11. The van der Waals surface area contributed by atoms with Crippen molar-refractivity contribution in [1.82, 2.24) is 0 Å². The molecule has 0 atom stereocenters. The lowest BCUT2D eigenvalue weighted by molar-refractivity contribution is 0.493. The first kappa shape index (κ1) is 24.5. The maximum Gasteiger partial charge on any atom is 0.143 e. The van der Waals surface area contributed by atoms with Crippen LogP contribution in [0.1, 0.15) is 0 Å². The third-order valence-electron chi connectivity index (χ3n) is 9.62. The Morgan fingerprint density at radius 2 is 1.04 bits per heavy atom. The number of ether oxygens (including phenoxy) is 1. The smallest absolute Gasteiger partial charge is 0.143 e. The molecule has 0 saturated heterocycles. The lowest BCUT2D eigenvalue weighted by atomic mass is 9.87. The predicted molar refractivity (Wildman–Crippen MR) is 190 cm³/mol. The molecule has 9 aromatic rings. The molecule has 0 amide bonds. The van der Waals surface area contributed by atoms with E-state index in [1.807, 2.05) is 0 Å². The van der Waals surface area contributed by atoms with E-state index in [2.05, 4.69) is 158 Å². The van der Waals surface area contributed by atoms with Gasteiger partial charge < -0.3 is 4.74 Å². The van der Waals surface area contributed by atoms with Gasteiger partial charge in [-0.05, 0) is 95.2 Å². The molecule has 208 valence electrons. The summed E-state index contributed by atoms with van der Waals surface area (Å²) in [6.45, 7) is 0. The van der Waals surface area contributed by atoms with Crippen LogP contribution in [0, 0.1) is 0 Å². The van der Waals surface area contributed by atoms with Gasteiger partial charge in [0.2, 0.25) is 0 Å². The molecule has 9 aromatic carbocycles. The number of hydrogen-bond acceptors (Lipinski definition) is 1. The van der Waals surface area contributed by atoms with Crippen LogP contribution < -0.4 is 4.74 Å². The van der Waals surface area contributed by atoms with Crippen LogP contribution in [0.2, 0.25) is 0 Å². The van der Waals surface area contributed by atoms with Crippen molar-refractivity contribution in [2.75, 3.05) is 0 Å². The highest BCUT2D eigenvalue weighted by Crippen LogP contribution is 2.51. The lowest BCUT2D eigenvalue weighted by Crippen LogP contribution is -1.98. The second-order valence-corrected chi connectivity index (χ2v) is 12.0. The van der Waals surface area contributed by atoms with Crippen LogP contribution in [0.15, 0.2) is 158 Å². The fourth-order valence-corrected chi connectivity index (χ4v) is 7.56. The molecule has 0 spiro atoms. The van der Waals surface area contributed by atoms with Gasteiger partial charge in [0, 0.05) is 16.3 Å². The Labute approximate surface area is 260 Å². The molecule has 10 rings (SSSR count). The van der Waals surface area contributed by atoms with Gasteiger partial charge in [0.1, 0.15) is 11.5 Å². The SMILES string of the molecule is c1ccc(-c2c3ccccc3cc3c2ccc2ccc(-c4ccc5c6c(cccc46)-c4ccc6ccccc6c4O5)cc23)cc1. The minimum Gasteiger partial charge on any atom is -0.455 e. The van der Waals surface area contributed by atoms with Gasteiger partial charge in [-0.15, -0.1) is 0 Å². The second kappa shape index (κ2) is 9.29. The van der Waals surface area contributed by atoms with Crippen LogP contribution in [0.3, 0.4) is 0 Å². The van der Waals surface area contributed by atoms with Crippen molar-refractivity contribution >= 4 is 53.9 Å². The maximum absolute atomic E-state index is 6.68.